The molecule has 7 heteroatoms. The van der Waals surface area contributed by atoms with Crippen LogP contribution >= 0.6 is 23.4 Å². The Morgan fingerprint density at radius 2 is 1.88 bits per heavy atom. The molecule has 0 unspecified atom stereocenters. The Morgan fingerprint density at radius 3 is 2.69 bits per heavy atom. The Labute approximate surface area is 161 Å². The van der Waals surface area contributed by atoms with Gasteiger partial charge in [-0.25, -0.2) is 0 Å². The van der Waals surface area contributed by atoms with Crippen molar-refractivity contribution in [1.29, 1.82) is 0 Å². The number of thioether (sulfide) groups is 1. The molecular weight excluding hydrogens is 368 g/mol. The van der Waals surface area contributed by atoms with E-state index in [0.717, 1.165) is 57.2 Å². The summed E-state index contributed by atoms with van der Waals surface area (Å²) in [6, 6.07) is 15.8. The van der Waals surface area contributed by atoms with Crippen LogP contribution in [0.15, 0.2) is 58.8 Å². The molecule has 26 heavy (non-hydrogen) atoms. The van der Waals surface area contributed by atoms with E-state index in [2.05, 4.69) is 16.3 Å². The molecule has 0 N–H and O–H groups in total. The number of aryl methyl sites for hydroxylation is 2. The highest BCUT2D eigenvalue weighted by Gasteiger charge is 2.20. The smallest absolute Gasteiger partial charge is 0.212 e. The summed E-state index contributed by atoms with van der Waals surface area (Å²) in [5.74, 6) is 2.52. The lowest BCUT2D eigenvalue weighted by Crippen LogP contribution is -2.15. The molecule has 0 spiro atoms. The van der Waals surface area contributed by atoms with Crippen LogP contribution in [0.25, 0.3) is 0 Å². The summed E-state index contributed by atoms with van der Waals surface area (Å²) in [5.41, 5.74) is 3.21. The second-order valence-corrected chi connectivity index (χ2v) is 7.24. The monoisotopic (exact) mass is 384 g/mol. The van der Waals surface area contributed by atoms with E-state index in [1.54, 1.807) is 18.9 Å². The van der Waals surface area contributed by atoms with E-state index in [0.29, 0.717) is 0 Å². The molecule has 0 atom stereocenters. The fraction of sp³-hybridized carbons (Fsp3) is 0.211. The third-order valence-corrected chi connectivity index (χ3v) is 5.41. The number of fused-ring (bicyclic) bond motifs is 1. The number of methoxy groups -OCH3 is 1. The molecule has 5 nitrogen and oxygen atoms in total. The predicted molar refractivity (Wildman–Crippen MR) is 105 cm³/mol. The minimum Gasteiger partial charge on any atom is -0.496 e. The third-order valence-electron chi connectivity index (χ3n) is 4.22. The average molecular weight is 385 g/mol. The second-order valence-electron chi connectivity index (χ2n) is 5.86. The zero-order valence-corrected chi connectivity index (χ0v) is 15.8. The molecule has 0 aliphatic carbocycles. The highest BCUT2D eigenvalue weighted by molar-refractivity contribution is 7.99. The van der Waals surface area contributed by atoms with Gasteiger partial charge in [0.1, 0.15) is 5.75 Å². The van der Waals surface area contributed by atoms with E-state index in [1.165, 1.54) is 0 Å². The van der Waals surface area contributed by atoms with Crippen LogP contribution in [0.2, 0.25) is 5.02 Å². The van der Waals surface area contributed by atoms with Crippen LogP contribution < -0.4 is 4.74 Å². The van der Waals surface area contributed by atoms with Gasteiger partial charge in [0.15, 0.2) is 5.82 Å². The zero-order chi connectivity index (χ0) is 17.9. The number of rotatable bonds is 5. The third kappa shape index (κ3) is 3.48. The van der Waals surface area contributed by atoms with Crippen molar-refractivity contribution in [3.05, 3.63) is 70.5 Å². The number of ether oxygens (including phenoxy) is 1. The Balaban J connectivity index is 1.58. The molecule has 132 valence electrons. The number of para-hydroxylation sites is 1. The van der Waals surface area contributed by atoms with Gasteiger partial charge >= 0.3 is 0 Å². The van der Waals surface area contributed by atoms with E-state index < -0.39 is 0 Å². The van der Waals surface area contributed by atoms with E-state index in [1.807, 2.05) is 47.1 Å². The van der Waals surface area contributed by atoms with E-state index in [9.17, 15) is 0 Å². The zero-order valence-electron chi connectivity index (χ0n) is 14.2. The molecule has 0 bridgehead atoms. The Kier molecular flexibility index (Phi) is 4.95. The molecule has 0 amide bonds. The SMILES string of the molecule is COc1ccccc1CCc1nnc2n1N=C(c1ccc(Cl)cc1)CS2. The van der Waals surface area contributed by atoms with Gasteiger partial charge in [-0.3, -0.25) is 0 Å². The van der Waals surface area contributed by atoms with Gasteiger partial charge in [-0.15, -0.1) is 10.2 Å². The van der Waals surface area contributed by atoms with Crippen molar-refractivity contribution in [2.75, 3.05) is 12.9 Å². The average Bonchev–Trinajstić information content (AvgIpc) is 3.09. The maximum Gasteiger partial charge on any atom is 0.212 e. The number of benzene rings is 2. The summed E-state index contributed by atoms with van der Waals surface area (Å²) in [4.78, 5) is 0. The lowest BCUT2D eigenvalue weighted by atomic mass is 10.1. The quantitative estimate of drug-likeness (QED) is 0.665. The summed E-state index contributed by atoms with van der Waals surface area (Å²) in [7, 11) is 1.69. The van der Waals surface area contributed by atoms with Crippen molar-refractivity contribution in [2.45, 2.75) is 18.0 Å². The van der Waals surface area contributed by atoms with Crippen molar-refractivity contribution in [1.82, 2.24) is 14.9 Å². The highest BCUT2D eigenvalue weighted by Crippen LogP contribution is 2.26. The van der Waals surface area contributed by atoms with Crippen LogP contribution in [0.1, 0.15) is 17.0 Å². The van der Waals surface area contributed by atoms with Crippen LogP contribution in [-0.2, 0) is 12.8 Å². The van der Waals surface area contributed by atoms with Crippen LogP contribution in [0.5, 0.6) is 5.75 Å². The molecule has 2 heterocycles. The summed E-state index contributed by atoms with van der Waals surface area (Å²) >= 11 is 7.63. The van der Waals surface area contributed by atoms with Gasteiger partial charge in [-0.05, 0) is 35.7 Å². The Bertz CT molecular complexity index is 952. The molecule has 1 aliphatic rings. The molecule has 1 aliphatic heterocycles. The lowest BCUT2D eigenvalue weighted by molar-refractivity contribution is 0.409. The summed E-state index contributed by atoms with van der Waals surface area (Å²) in [6.45, 7) is 0. The van der Waals surface area contributed by atoms with Crippen LogP contribution in [0.3, 0.4) is 0 Å². The molecule has 0 fully saturated rings. The standard InChI is InChI=1S/C19H17ClN4OS/c1-25-17-5-3-2-4-14(17)8-11-18-21-22-19-24(18)23-16(12-26-19)13-6-9-15(20)10-7-13/h2-7,9-10H,8,11-12H2,1H3. The molecular formula is C19H17ClN4OS. The van der Waals surface area contributed by atoms with Crippen molar-refractivity contribution >= 4 is 29.1 Å². The van der Waals surface area contributed by atoms with Crippen molar-refractivity contribution in [3.63, 3.8) is 0 Å². The van der Waals surface area contributed by atoms with Crippen molar-refractivity contribution in [3.8, 4) is 5.75 Å². The normalized spacial score (nSPS) is 13.2. The number of hydrogen-bond donors (Lipinski definition) is 0. The van der Waals surface area contributed by atoms with Gasteiger partial charge < -0.3 is 4.74 Å². The molecule has 0 saturated heterocycles. The minimum absolute atomic E-state index is 0.722. The van der Waals surface area contributed by atoms with Gasteiger partial charge in [-0.2, -0.15) is 9.78 Å². The Hall–Kier alpha value is -2.31. The number of halogens is 1. The van der Waals surface area contributed by atoms with Crippen LogP contribution in [0.4, 0.5) is 0 Å². The van der Waals surface area contributed by atoms with Gasteiger partial charge in [0, 0.05) is 17.2 Å². The molecule has 3 aromatic rings. The lowest BCUT2D eigenvalue weighted by Gasteiger charge is -2.14. The largest absolute Gasteiger partial charge is 0.496 e. The first-order valence-corrected chi connectivity index (χ1v) is 9.64. The first-order chi connectivity index (χ1) is 12.7. The first-order valence-electron chi connectivity index (χ1n) is 8.27. The van der Waals surface area contributed by atoms with Crippen molar-refractivity contribution in [2.24, 2.45) is 5.10 Å². The van der Waals surface area contributed by atoms with Crippen LogP contribution in [0, 0.1) is 0 Å². The first kappa shape index (κ1) is 17.1. The van der Waals surface area contributed by atoms with E-state index in [4.69, 9.17) is 21.4 Å². The highest BCUT2D eigenvalue weighted by atomic mass is 35.5. The molecule has 0 radical (unpaired) electrons. The number of hydrogen-bond acceptors (Lipinski definition) is 5. The minimum atomic E-state index is 0.722. The fourth-order valence-electron chi connectivity index (χ4n) is 2.86. The number of nitrogens with zero attached hydrogens (tertiary/aromatic N) is 4. The van der Waals surface area contributed by atoms with E-state index >= 15 is 0 Å². The molecule has 1 aromatic heterocycles. The summed E-state index contributed by atoms with van der Waals surface area (Å²) in [6.07, 6.45) is 1.56. The second kappa shape index (κ2) is 7.51. The maximum absolute atomic E-state index is 5.98. The predicted octanol–water partition coefficient (Wildman–Crippen LogP) is 4.08. The Morgan fingerprint density at radius 1 is 1.08 bits per heavy atom. The maximum atomic E-state index is 5.98. The molecule has 0 saturated carbocycles. The summed E-state index contributed by atoms with van der Waals surface area (Å²) in [5, 5.41) is 14.9. The topological polar surface area (TPSA) is 52.3 Å². The van der Waals surface area contributed by atoms with Gasteiger partial charge in [0.25, 0.3) is 0 Å². The molecule has 2 aromatic carbocycles. The molecule has 4 rings (SSSR count). The summed E-state index contributed by atoms with van der Waals surface area (Å²) < 4.78 is 7.28. The van der Waals surface area contributed by atoms with Gasteiger partial charge in [0.05, 0.1) is 12.8 Å². The van der Waals surface area contributed by atoms with E-state index in [-0.39, 0.29) is 0 Å². The van der Waals surface area contributed by atoms with Crippen LogP contribution in [-0.4, -0.2) is 33.4 Å². The van der Waals surface area contributed by atoms with Gasteiger partial charge in [0.2, 0.25) is 5.16 Å². The number of aromatic nitrogens is 3. The fourth-order valence-corrected chi connectivity index (χ4v) is 3.85. The van der Waals surface area contributed by atoms with Gasteiger partial charge in [-0.1, -0.05) is 53.7 Å². The van der Waals surface area contributed by atoms with Crippen molar-refractivity contribution < 1.29 is 4.74 Å².